The van der Waals surface area contributed by atoms with Gasteiger partial charge in [-0.1, -0.05) is 12.1 Å². The van der Waals surface area contributed by atoms with Crippen LogP contribution in [0, 0.1) is 5.82 Å². The quantitative estimate of drug-likeness (QED) is 0.726. The number of benzene rings is 2. The highest BCUT2D eigenvalue weighted by Crippen LogP contribution is 2.37. The van der Waals surface area contributed by atoms with Crippen molar-refractivity contribution in [2.45, 2.75) is 37.9 Å². The lowest BCUT2D eigenvalue weighted by molar-refractivity contribution is -0.125. The first-order valence-corrected chi connectivity index (χ1v) is 9.29. The van der Waals surface area contributed by atoms with Gasteiger partial charge in [0.1, 0.15) is 17.2 Å². The molecule has 2 aromatic carbocycles. The fraction of sp³-hybridized carbons (Fsp3) is 0.273. The predicted molar refractivity (Wildman–Crippen MR) is 102 cm³/mol. The predicted octanol–water partition coefficient (Wildman–Crippen LogP) is 3.50. The summed E-state index contributed by atoms with van der Waals surface area (Å²) in [6.45, 7) is -0.0523. The number of aliphatic hydroxyl groups excluding tert-OH is 1. The fourth-order valence-corrected chi connectivity index (χ4v) is 3.57. The molecule has 4 rings (SSSR count). The summed E-state index contributed by atoms with van der Waals surface area (Å²) in [4.78, 5) is 11.6. The Hall–Kier alpha value is -2.83. The maximum atomic E-state index is 13.4. The van der Waals surface area contributed by atoms with E-state index in [1.165, 1.54) is 12.1 Å². The first-order valence-electron chi connectivity index (χ1n) is 9.29. The molecule has 1 fully saturated rings. The standard InChI is InChI=1S/C22H21FN2O3/c23-17-5-3-16(4-6-17)20-13-21(22(28)11-9-19(27)10-12-22)24-25(20)18-7-1-15(14-26)2-8-18/h1-8,13,26,28H,9-12,14H2. The van der Waals surface area contributed by atoms with E-state index in [1.807, 2.05) is 18.2 Å². The van der Waals surface area contributed by atoms with Gasteiger partial charge >= 0.3 is 0 Å². The number of aliphatic hydroxyl groups is 2. The molecular weight excluding hydrogens is 359 g/mol. The average Bonchev–Trinajstić information content (AvgIpc) is 3.17. The molecule has 0 atom stereocenters. The Morgan fingerprint density at radius 1 is 1.04 bits per heavy atom. The molecule has 0 bridgehead atoms. The molecule has 1 saturated carbocycles. The van der Waals surface area contributed by atoms with Crippen LogP contribution in [0.5, 0.6) is 0 Å². The lowest BCUT2D eigenvalue weighted by Gasteiger charge is -2.29. The SMILES string of the molecule is O=C1CCC(O)(c2cc(-c3ccc(F)cc3)n(-c3ccc(CO)cc3)n2)CC1. The zero-order chi connectivity index (χ0) is 19.7. The minimum atomic E-state index is -1.15. The highest BCUT2D eigenvalue weighted by molar-refractivity contribution is 5.79. The van der Waals surface area contributed by atoms with Crippen molar-refractivity contribution in [2.75, 3.05) is 0 Å². The molecule has 1 aliphatic rings. The van der Waals surface area contributed by atoms with E-state index in [-0.39, 0.29) is 18.2 Å². The van der Waals surface area contributed by atoms with Crippen molar-refractivity contribution in [3.05, 3.63) is 71.7 Å². The molecule has 1 aliphatic carbocycles. The van der Waals surface area contributed by atoms with Gasteiger partial charge in [0, 0.05) is 18.4 Å². The van der Waals surface area contributed by atoms with Crippen LogP contribution in [0.4, 0.5) is 4.39 Å². The van der Waals surface area contributed by atoms with Gasteiger partial charge in [-0.05, 0) is 60.9 Å². The Labute approximate surface area is 162 Å². The first kappa shape index (κ1) is 18.5. The Morgan fingerprint density at radius 3 is 2.29 bits per heavy atom. The van der Waals surface area contributed by atoms with Crippen LogP contribution in [-0.4, -0.2) is 25.8 Å². The van der Waals surface area contributed by atoms with Crippen molar-refractivity contribution < 1.29 is 19.4 Å². The number of ketones is 1. The molecule has 1 aromatic heterocycles. The van der Waals surface area contributed by atoms with Crippen LogP contribution < -0.4 is 0 Å². The second-order valence-corrected chi connectivity index (χ2v) is 7.23. The van der Waals surface area contributed by atoms with Gasteiger partial charge in [-0.25, -0.2) is 9.07 Å². The van der Waals surface area contributed by atoms with Crippen LogP contribution in [0.1, 0.15) is 36.9 Å². The molecule has 6 heteroatoms. The van der Waals surface area contributed by atoms with E-state index in [0.717, 1.165) is 22.5 Å². The van der Waals surface area contributed by atoms with E-state index in [9.17, 15) is 19.4 Å². The van der Waals surface area contributed by atoms with Gasteiger partial charge in [0.25, 0.3) is 0 Å². The van der Waals surface area contributed by atoms with Gasteiger partial charge in [0.2, 0.25) is 0 Å². The number of halogens is 1. The highest BCUT2D eigenvalue weighted by Gasteiger charge is 2.37. The zero-order valence-corrected chi connectivity index (χ0v) is 15.3. The Balaban J connectivity index is 1.81. The zero-order valence-electron chi connectivity index (χ0n) is 15.3. The van der Waals surface area contributed by atoms with Crippen molar-refractivity contribution in [3.63, 3.8) is 0 Å². The molecule has 0 amide bonds. The number of nitrogens with zero attached hydrogens (tertiary/aromatic N) is 2. The highest BCUT2D eigenvalue weighted by atomic mass is 19.1. The molecule has 0 saturated heterocycles. The molecule has 0 radical (unpaired) electrons. The maximum Gasteiger partial charge on any atom is 0.133 e. The average molecular weight is 380 g/mol. The van der Waals surface area contributed by atoms with Crippen LogP contribution in [-0.2, 0) is 17.0 Å². The molecule has 5 nitrogen and oxygen atoms in total. The summed E-state index contributed by atoms with van der Waals surface area (Å²) < 4.78 is 15.1. The molecule has 1 heterocycles. The van der Waals surface area contributed by atoms with Gasteiger partial charge in [-0.3, -0.25) is 4.79 Å². The third-order valence-corrected chi connectivity index (χ3v) is 5.32. The lowest BCUT2D eigenvalue weighted by atomic mass is 9.82. The second kappa shape index (κ2) is 7.30. The molecule has 0 unspecified atom stereocenters. The summed E-state index contributed by atoms with van der Waals surface area (Å²) in [5.74, 6) is -0.172. The van der Waals surface area contributed by atoms with Gasteiger partial charge in [-0.2, -0.15) is 5.10 Å². The lowest BCUT2D eigenvalue weighted by Crippen LogP contribution is -2.32. The Bertz CT molecular complexity index is 984. The monoisotopic (exact) mass is 380 g/mol. The Kier molecular flexibility index (Phi) is 4.83. The largest absolute Gasteiger partial charge is 0.392 e. The molecule has 3 aromatic rings. The molecule has 2 N–H and O–H groups in total. The number of hydrogen-bond acceptors (Lipinski definition) is 4. The minimum Gasteiger partial charge on any atom is -0.392 e. The van der Waals surface area contributed by atoms with Crippen LogP contribution in [0.2, 0.25) is 0 Å². The number of hydrogen-bond donors (Lipinski definition) is 2. The van der Waals surface area contributed by atoms with E-state index in [2.05, 4.69) is 5.10 Å². The van der Waals surface area contributed by atoms with Gasteiger partial charge in [0.05, 0.1) is 23.7 Å². The van der Waals surface area contributed by atoms with E-state index in [1.54, 1.807) is 28.9 Å². The number of aromatic nitrogens is 2. The van der Waals surface area contributed by atoms with Crippen LogP contribution in [0.3, 0.4) is 0 Å². The summed E-state index contributed by atoms with van der Waals surface area (Å²) in [6.07, 6.45) is 1.35. The third-order valence-electron chi connectivity index (χ3n) is 5.32. The normalized spacial score (nSPS) is 16.3. The molecule has 144 valence electrons. The number of carbonyl (C=O) groups excluding carboxylic acids is 1. The van der Waals surface area contributed by atoms with Crippen molar-refractivity contribution in [3.8, 4) is 16.9 Å². The third kappa shape index (κ3) is 3.48. The fourth-order valence-electron chi connectivity index (χ4n) is 3.57. The molecule has 0 spiro atoms. The Morgan fingerprint density at radius 2 is 1.68 bits per heavy atom. The smallest absolute Gasteiger partial charge is 0.133 e. The first-order chi connectivity index (χ1) is 13.5. The van der Waals surface area contributed by atoms with Crippen molar-refractivity contribution in [1.29, 1.82) is 0 Å². The van der Waals surface area contributed by atoms with Crippen LogP contribution in [0.15, 0.2) is 54.6 Å². The number of rotatable bonds is 4. The summed E-state index contributed by atoms with van der Waals surface area (Å²) in [5.41, 5.74) is 2.38. The van der Waals surface area contributed by atoms with Crippen molar-refractivity contribution >= 4 is 5.78 Å². The van der Waals surface area contributed by atoms with Gasteiger partial charge in [-0.15, -0.1) is 0 Å². The number of Topliss-reactive ketones (excluding diaryl/α,β-unsaturated/α-hetero) is 1. The van der Waals surface area contributed by atoms with Crippen LogP contribution >= 0.6 is 0 Å². The second-order valence-electron chi connectivity index (χ2n) is 7.23. The minimum absolute atomic E-state index is 0.0523. The van der Waals surface area contributed by atoms with Crippen molar-refractivity contribution in [2.24, 2.45) is 0 Å². The van der Waals surface area contributed by atoms with Gasteiger partial charge in [0.15, 0.2) is 0 Å². The summed E-state index contributed by atoms with van der Waals surface area (Å²) in [6, 6.07) is 15.2. The topological polar surface area (TPSA) is 75.3 Å². The summed E-state index contributed by atoms with van der Waals surface area (Å²) in [5, 5.41) is 25.0. The van der Waals surface area contributed by atoms with Gasteiger partial charge < -0.3 is 10.2 Å². The molecule has 28 heavy (non-hydrogen) atoms. The van der Waals surface area contributed by atoms with Crippen LogP contribution in [0.25, 0.3) is 16.9 Å². The summed E-state index contributed by atoms with van der Waals surface area (Å²) >= 11 is 0. The van der Waals surface area contributed by atoms with E-state index < -0.39 is 5.60 Å². The van der Waals surface area contributed by atoms with Crippen molar-refractivity contribution in [1.82, 2.24) is 9.78 Å². The summed E-state index contributed by atoms with van der Waals surface area (Å²) in [7, 11) is 0. The van der Waals surface area contributed by atoms with E-state index in [4.69, 9.17) is 0 Å². The van der Waals surface area contributed by atoms with E-state index in [0.29, 0.717) is 31.4 Å². The molecule has 0 aliphatic heterocycles. The van der Waals surface area contributed by atoms with E-state index >= 15 is 0 Å². The number of carbonyl (C=O) groups is 1. The molecular formula is C22H21FN2O3. The maximum absolute atomic E-state index is 13.4.